The number of ether oxygens (including phenoxy) is 1. The van der Waals surface area contributed by atoms with Gasteiger partial charge in [-0.15, -0.1) is 0 Å². The van der Waals surface area contributed by atoms with Crippen LogP contribution >= 0.6 is 15.9 Å². The Morgan fingerprint density at radius 2 is 2.00 bits per heavy atom. The Kier molecular flexibility index (Phi) is 4.96. The normalized spacial score (nSPS) is 11.6. The summed E-state index contributed by atoms with van der Waals surface area (Å²) < 4.78 is 4.55. The lowest BCUT2D eigenvalue weighted by molar-refractivity contribution is -0.123. The summed E-state index contributed by atoms with van der Waals surface area (Å²) in [5.41, 5.74) is 6.56. The fourth-order valence-corrected chi connectivity index (χ4v) is 1.52. The highest BCUT2D eigenvalue weighted by Gasteiger charge is 2.15. The van der Waals surface area contributed by atoms with Gasteiger partial charge < -0.3 is 15.8 Å². The summed E-state index contributed by atoms with van der Waals surface area (Å²) in [6.07, 6.45) is -1.88. The molecule has 0 fully saturated rings. The molecule has 5 nitrogen and oxygen atoms in total. The zero-order valence-electron chi connectivity index (χ0n) is 9.27. The molecule has 0 aliphatic heterocycles. The van der Waals surface area contributed by atoms with E-state index in [4.69, 9.17) is 5.73 Å². The van der Waals surface area contributed by atoms with Crippen molar-refractivity contribution in [3.8, 4) is 0 Å². The number of amides is 2. The molecule has 0 saturated carbocycles. The molecule has 2 amide bonds. The van der Waals surface area contributed by atoms with Crippen molar-refractivity contribution >= 4 is 33.6 Å². The molecule has 0 aliphatic carbocycles. The SMILES string of the molecule is CC(OC(N)=O)C(=O)Nc1ccc(CBr)cc1. The van der Waals surface area contributed by atoms with Crippen molar-refractivity contribution in [1.29, 1.82) is 0 Å². The second-order valence-electron chi connectivity index (χ2n) is 3.40. The van der Waals surface area contributed by atoms with Gasteiger partial charge in [-0.2, -0.15) is 0 Å². The number of nitrogens with one attached hydrogen (secondary N) is 1. The van der Waals surface area contributed by atoms with Crippen LogP contribution in [0.2, 0.25) is 0 Å². The van der Waals surface area contributed by atoms with E-state index in [1.54, 1.807) is 12.1 Å². The van der Waals surface area contributed by atoms with Gasteiger partial charge in [-0.05, 0) is 24.6 Å². The van der Waals surface area contributed by atoms with Gasteiger partial charge in [0.05, 0.1) is 0 Å². The fraction of sp³-hybridized carbons (Fsp3) is 0.273. The topological polar surface area (TPSA) is 81.4 Å². The van der Waals surface area contributed by atoms with Gasteiger partial charge in [0, 0.05) is 11.0 Å². The second kappa shape index (κ2) is 6.24. The maximum absolute atomic E-state index is 11.5. The highest BCUT2D eigenvalue weighted by molar-refractivity contribution is 9.08. The zero-order valence-corrected chi connectivity index (χ0v) is 10.9. The molecule has 0 saturated heterocycles. The van der Waals surface area contributed by atoms with Crippen molar-refractivity contribution in [2.45, 2.75) is 18.4 Å². The first-order chi connectivity index (χ1) is 8.02. The number of benzene rings is 1. The smallest absolute Gasteiger partial charge is 0.405 e. The molecule has 0 aliphatic rings. The van der Waals surface area contributed by atoms with Crippen LogP contribution < -0.4 is 11.1 Å². The summed E-state index contributed by atoms with van der Waals surface area (Å²) in [4.78, 5) is 22.0. The van der Waals surface area contributed by atoms with E-state index >= 15 is 0 Å². The predicted molar refractivity (Wildman–Crippen MR) is 67.8 cm³/mol. The molecule has 1 aromatic rings. The monoisotopic (exact) mass is 300 g/mol. The first-order valence-corrected chi connectivity index (χ1v) is 6.07. The van der Waals surface area contributed by atoms with E-state index in [2.05, 4.69) is 26.0 Å². The molecule has 0 radical (unpaired) electrons. The number of rotatable bonds is 4. The Bertz CT molecular complexity index is 406. The van der Waals surface area contributed by atoms with Crippen molar-refractivity contribution in [2.24, 2.45) is 5.73 Å². The van der Waals surface area contributed by atoms with Gasteiger partial charge in [0.2, 0.25) is 0 Å². The van der Waals surface area contributed by atoms with Crippen LogP contribution in [0.25, 0.3) is 0 Å². The van der Waals surface area contributed by atoms with Gasteiger partial charge in [-0.1, -0.05) is 28.1 Å². The summed E-state index contributed by atoms with van der Waals surface area (Å²) in [5, 5.41) is 3.36. The molecule has 0 aromatic heterocycles. The molecular weight excluding hydrogens is 288 g/mol. The van der Waals surface area contributed by atoms with Crippen molar-refractivity contribution in [3.05, 3.63) is 29.8 Å². The van der Waals surface area contributed by atoms with E-state index in [1.165, 1.54) is 6.92 Å². The Hall–Kier alpha value is -1.56. The minimum Gasteiger partial charge on any atom is -0.437 e. The van der Waals surface area contributed by atoms with Crippen LogP contribution in [0.5, 0.6) is 0 Å². The third-order valence-corrected chi connectivity index (χ3v) is 2.69. The van der Waals surface area contributed by atoms with Crippen LogP contribution in [0.15, 0.2) is 24.3 Å². The van der Waals surface area contributed by atoms with Crippen molar-refractivity contribution in [2.75, 3.05) is 5.32 Å². The molecule has 6 heteroatoms. The lowest BCUT2D eigenvalue weighted by Gasteiger charge is -2.11. The first kappa shape index (κ1) is 13.5. The molecular formula is C11H13BrN2O3. The van der Waals surface area contributed by atoms with Gasteiger partial charge in [-0.3, -0.25) is 4.79 Å². The highest BCUT2D eigenvalue weighted by Crippen LogP contribution is 2.12. The van der Waals surface area contributed by atoms with Crippen LogP contribution in [0.4, 0.5) is 10.5 Å². The number of alkyl halides is 1. The van der Waals surface area contributed by atoms with E-state index in [-0.39, 0.29) is 0 Å². The Morgan fingerprint density at radius 3 is 2.47 bits per heavy atom. The van der Waals surface area contributed by atoms with E-state index in [0.29, 0.717) is 5.69 Å². The van der Waals surface area contributed by atoms with E-state index in [1.807, 2.05) is 12.1 Å². The summed E-state index contributed by atoms with van der Waals surface area (Å²) in [5.74, 6) is -0.421. The summed E-state index contributed by atoms with van der Waals surface area (Å²) >= 11 is 3.32. The summed E-state index contributed by atoms with van der Waals surface area (Å²) in [6, 6.07) is 7.30. The van der Waals surface area contributed by atoms with Crippen LogP contribution in [0.3, 0.4) is 0 Å². The van der Waals surface area contributed by atoms with Crippen molar-refractivity contribution in [1.82, 2.24) is 0 Å². The zero-order chi connectivity index (χ0) is 12.8. The number of primary amides is 1. The second-order valence-corrected chi connectivity index (χ2v) is 3.96. The predicted octanol–water partition coefficient (Wildman–Crippen LogP) is 2.00. The molecule has 1 unspecified atom stereocenters. The van der Waals surface area contributed by atoms with Gasteiger partial charge >= 0.3 is 6.09 Å². The van der Waals surface area contributed by atoms with Crippen molar-refractivity contribution in [3.63, 3.8) is 0 Å². The van der Waals surface area contributed by atoms with Gasteiger partial charge in [0.25, 0.3) is 5.91 Å². The maximum atomic E-state index is 11.5. The largest absolute Gasteiger partial charge is 0.437 e. The van der Waals surface area contributed by atoms with E-state index in [0.717, 1.165) is 10.9 Å². The molecule has 0 heterocycles. The molecule has 17 heavy (non-hydrogen) atoms. The van der Waals surface area contributed by atoms with Gasteiger partial charge in [0.1, 0.15) is 0 Å². The van der Waals surface area contributed by atoms with Crippen LogP contribution in [0, 0.1) is 0 Å². The number of halogens is 1. The summed E-state index contributed by atoms with van der Waals surface area (Å²) in [6.45, 7) is 1.45. The Balaban J connectivity index is 2.58. The minimum atomic E-state index is -0.970. The number of anilines is 1. The van der Waals surface area contributed by atoms with E-state index in [9.17, 15) is 9.59 Å². The quantitative estimate of drug-likeness (QED) is 0.835. The lowest BCUT2D eigenvalue weighted by atomic mass is 10.2. The van der Waals surface area contributed by atoms with Gasteiger partial charge in [0.15, 0.2) is 6.10 Å². The molecule has 1 atom stereocenters. The number of carbonyl (C=O) groups is 2. The number of hydrogen-bond acceptors (Lipinski definition) is 3. The minimum absolute atomic E-state index is 0.421. The number of nitrogens with two attached hydrogens (primary N) is 1. The summed E-state index contributed by atoms with van der Waals surface area (Å²) in [7, 11) is 0. The molecule has 0 bridgehead atoms. The number of carbonyl (C=O) groups excluding carboxylic acids is 2. The first-order valence-electron chi connectivity index (χ1n) is 4.94. The molecule has 1 rings (SSSR count). The average Bonchev–Trinajstić information content (AvgIpc) is 2.29. The molecule has 1 aromatic carbocycles. The Morgan fingerprint density at radius 1 is 1.41 bits per heavy atom. The van der Waals surface area contributed by atoms with Crippen LogP contribution in [-0.4, -0.2) is 18.1 Å². The van der Waals surface area contributed by atoms with Gasteiger partial charge in [-0.25, -0.2) is 4.79 Å². The van der Waals surface area contributed by atoms with Crippen LogP contribution in [-0.2, 0) is 14.9 Å². The number of hydrogen-bond donors (Lipinski definition) is 2. The third kappa shape index (κ3) is 4.44. The van der Waals surface area contributed by atoms with Crippen LogP contribution in [0.1, 0.15) is 12.5 Å². The van der Waals surface area contributed by atoms with Crippen molar-refractivity contribution < 1.29 is 14.3 Å². The standard InChI is InChI=1S/C11H13BrN2O3/c1-7(17-11(13)16)10(15)14-9-4-2-8(6-12)3-5-9/h2-5,7H,6H2,1H3,(H2,13,16)(H,14,15). The fourth-order valence-electron chi connectivity index (χ4n) is 1.15. The average molecular weight is 301 g/mol. The molecule has 0 spiro atoms. The maximum Gasteiger partial charge on any atom is 0.405 e. The third-order valence-electron chi connectivity index (χ3n) is 2.04. The lowest BCUT2D eigenvalue weighted by Crippen LogP contribution is -2.31. The molecule has 3 N–H and O–H groups in total. The Labute approximate surface area is 107 Å². The van der Waals surface area contributed by atoms with E-state index < -0.39 is 18.1 Å². The highest BCUT2D eigenvalue weighted by atomic mass is 79.9. The molecule has 92 valence electrons.